The van der Waals surface area contributed by atoms with Crippen LogP contribution < -0.4 is 14.4 Å². The summed E-state index contributed by atoms with van der Waals surface area (Å²) in [6.45, 7) is 2.82. The maximum atomic E-state index is 14.0. The summed E-state index contributed by atoms with van der Waals surface area (Å²) >= 11 is 0. The highest BCUT2D eigenvalue weighted by Gasteiger charge is 2.36. The Morgan fingerprint density at radius 2 is 1.62 bits per heavy atom. The van der Waals surface area contributed by atoms with E-state index in [1.807, 2.05) is 30.3 Å². The van der Waals surface area contributed by atoms with Gasteiger partial charge in [0.2, 0.25) is 0 Å². The predicted molar refractivity (Wildman–Crippen MR) is 129 cm³/mol. The average molecular weight is 509 g/mol. The number of amides is 1. The SMILES string of the molecule is O=C(c1cnn2c(C(F)(F)F)cc(-c3ccc4c(c3)OCCO4)nc12)N1CCN(c2ccccc2)CC1. The lowest BCUT2D eigenvalue weighted by molar-refractivity contribution is -0.142. The van der Waals surface area contributed by atoms with Gasteiger partial charge in [-0.25, -0.2) is 9.50 Å². The van der Waals surface area contributed by atoms with E-state index in [1.54, 1.807) is 23.1 Å². The molecule has 0 aliphatic carbocycles. The van der Waals surface area contributed by atoms with Crippen LogP contribution in [-0.4, -0.2) is 64.8 Å². The van der Waals surface area contributed by atoms with E-state index in [9.17, 15) is 18.0 Å². The molecule has 0 saturated carbocycles. The van der Waals surface area contributed by atoms with Crippen LogP contribution in [0.3, 0.4) is 0 Å². The first-order valence-corrected chi connectivity index (χ1v) is 11.8. The van der Waals surface area contributed by atoms with Crippen molar-refractivity contribution in [1.82, 2.24) is 19.5 Å². The van der Waals surface area contributed by atoms with Crippen LogP contribution in [0.15, 0.2) is 60.8 Å². The third-order valence-electron chi connectivity index (χ3n) is 6.52. The van der Waals surface area contributed by atoms with Crippen LogP contribution in [-0.2, 0) is 6.18 Å². The van der Waals surface area contributed by atoms with E-state index >= 15 is 0 Å². The molecule has 2 aromatic carbocycles. The Hall–Kier alpha value is -4.28. The van der Waals surface area contributed by atoms with Crippen molar-refractivity contribution in [2.45, 2.75) is 6.18 Å². The minimum absolute atomic E-state index is 0.0260. The van der Waals surface area contributed by atoms with Gasteiger partial charge in [-0.2, -0.15) is 18.3 Å². The van der Waals surface area contributed by atoms with Gasteiger partial charge in [-0.3, -0.25) is 4.79 Å². The molecule has 0 unspecified atom stereocenters. The summed E-state index contributed by atoms with van der Waals surface area (Å²) in [7, 11) is 0. The number of aromatic nitrogens is 3. The number of nitrogens with zero attached hydrogens (tertiary/aromatic N) is 5. The van der Waals surface area contributed by atoms with Crippen molar-refractivity contribution in [3.8, 4) is 22.8 Å². The molecule has 1 fully saturated rings. The Labute approximate surface area is 209 Å². The van der Waals surface area contributed by atoms with Crippen molar-refractivity contribution in [2.75, 3.05) is 44.3 Å². The van der Waals surface area contributed by atoms with Gasteiger partial charge in [0.25, 0.3) is 5.91 Å². The first-order valence-electron chi connectivity index (χ1n) is 11.8. The molecule has 11 heteroatoms. The number of para-hydroxylation sites is 1. The van der Waals surface area contributed by atoms with Crippen molar-refractivity contribution in [2.24, 2.45) is 0 Å². The zero-order valence-corrected chi connectivity index (χ0v) is 19.6. The number of benzene rings is 2. The van der Waals surface area contributed by atoms with Crippen LogP contribution in [0.25, 0.3) is 16.9 Å². The molecule has 1 amide bonds. The standard InChI is InChI=1S/C26H22F3N5O3/c27-26(28,29)23-15-20(17-6-7-21-22(14-17)37-13-12-36-21)31-24-19(16-30-34(23)24)25(35)33-10-8-32(9-11-33)18-4-2-1-3-5-18/h1-7,14-16H,8-13H2. The van der Waals surface area contributed by atoms with Crippen molar-refractivity contribution < 1.29 is 27.4 Å². The number of piperazine rings is 1. The van der Waals surface area contributed by atoms with E-state index in [0.717, 1.165) is 18.0 Å². The minimum atomic E-state index is -4.71. The Balaban J connectivity index is 1.34. The number of carbonyl (C=O) groups excluding carboxylic acids is 1. The fourth-order valence-corrected chi connectivity index (χ4v) is 4.64. The lowest BCUT2D eigenvalue weighted by Crippen LogP contribution is -2.48. The molecule has 0 bridgehead atoms. The lowest BCUT2D eigenvalue weighted by Gasteiger charge is -2.36. The molecule has 1 saturated heterocycles. The Morgan fingerprint density at radius 1 is 0.892 bits per heavy atom. The highest BCUT2D eigenvalue weighted by Crippen LogP contribution is 2.37. The summed E-state index contributed by atoms with van der Waals surface area (Å²) < 4.78 is 53.8. The Kier molecular flexibility index (Phi) is 5.62. The van der Waals surface area contributed by atoms with Gasteiger partial charge in [-0.1, -0.05) is 18.2 Å². The summed E-state index contributed by atoms with van der Waals surface area (Å²) in [5.41, 5.74) is 0.392. The highest BCUT2D eigenvalue weighted by molar-refractivity contribution is 6.00. The van der Waals surface area contributed by atoms with Crippen LogP contribution >= 0.6 is 0 Å². The molecule has 6 rings (SSSR count). The van der Waals surface area contributed by atoms with E-state index in [2.05, 4.69) is 15.0 Å². The fraction of sp³-hybridized carbons (Fsp3) is 0.269. The van der Waals surface area contributed by atoms with Crippen LogP contribution in [0, 0.1) is 0 Å². The molecule has 4 heterocycles. The smallest absolute Gasteiger partial charge is 0.433 e. The first-order chi connectivity index (χ1) is 17.9. The number of alkyl halides is 3. The number of halogens is 3. The van der Waals surface area contributed by atoms with Crippen LogP contribution in [0.2, 0.25) is 0 Å². The molecular weight excluding hydrogens is 487 g/mol. The summed E-state index contributed by atoms with van der Waals surface area (Å²) in [5.74, 6) is 0.546. The van der Waals surface area contributed by atoms with E-state index in [4.69, 9.17) is 9.47 Å². The number of fused-ring (bicyclic) bond motifs is 2. The Morgan fingerprint density at radius 3 is 2.35 bits per heavy atom. The van der Waals surface area contributed by atoms with Crippen LogP contribution in [0.5, 0.6) is 11.5 Å². The van der Waals surface area contributed by atoms with Gasteiger partial charge >= 0.3 is 6.18 Å². The molecule has 8 nitrogen and oxygen atoms in total. The quantitative estimate of drug-likeness (QED) is 0.413. The fourth-order valence-electron chi connectivity index (χ4n) is 4.64. The number of carbonyl (C=O) groups is 1. The maximum Gasteiger partial charge on any atom is 0.433 e. The van der Waals surface area contributed by atoms with Crippen LogP contribution in [0.1, 0.15) is 16.1 Å². The second kappa shape index (κ2) is 8.99. The van der Waals surface area contributed by atoms with Gasteiger partial charge in [-0.15, -0.1) is 0 Å². The molecule has 0 spiro atoms. The number of hydrogen-bond donors (Lipinski definition) is 0. The summed E-state index contributed by atoms with van der Waals surface area (Å²) in [5, 5.41) is 3.90. The van der Waals surface area contributed by atoms with Gasteiger partial charge in [-0.05, 0) is 36.4 Å². The van der Waals surface area contributed by atoms with Gasteiger partial charge in [0, 0.05) is 37.4 Å². The zero-order chi connectivity index (χ0) is 25.6. The molecule has 4 aromatic rings. The molecule has 190 valence electrons. The number of ether oxygens (including phenoxy) is 2. The van der Waals surface area contributed by atoms with Crippen molar-refractivity contribution in [3.63, 3.8) is 0 Å². The molecule has 0 N–H and O–H groups in total. The summed E-state index contributed by atoms with van der Waals surface area (Å²) in [6, 6.07) is 15.6. The van der Waals surface area contributed by atoms with Crippen LogP contribution in [0.4, 0.5) is 18.9 Å². The van der Waals surface area contributed by atoms with Gasteiger partial charge in [0.15, 0.2) is 22.8 Å². The number of anilines is 1. The van der Waals surface area contributed by atoms with Crippen molar-refractivity contribution in [3.05, 3.63) is 72.1 Å². The molecular formula is C26H22F3N5O3. The summed E-state index contributed by atoms with van der Waals surface area (Å²) in [4.78, 5) is 21.7. The Bertz CT molecular complexity index is 1460. The molecule has 2 aliphatic heterocycles. The minimum Gasteiger partial charge on any atom is -0.486 e. The molecule has 2 aromatic heterocycles. The molecule has 0 atom stereocenters. The predicted octanol–water partition coefficient (Wildman–Crippen LogP) is 4.15. The van der Waals surface area contributed by atoms with Crippen molar-refractivity contribution in [1.29, 1.82) is 0 Å². The van der Waals surface area contributed by atoms with Crippen molar-refractivity contribution >= 4 is 17.2 Å². The monoisotopic (exact) mass is 509 g/mol. The lowest BCUT2D eigenvalue weighted by atomic mass is 10.1. The number of hydrogen-bond acceptors (Lipinski definition) is 6. The van der Waals surface area contributed by atoms with E-state index in [-0.39, 0.29) is 16.9 Å². The van der Waals surface area contributed by atoms with E-state index in [0.29, 0.717) is 61.0 Å². The largest absolute Gasteiger partial charge is 0.486 e. The second-order valence-corrected chi connectivity index (χ2v) is 8.79. The van der Waals surface area contributed by atoms with Gasteiger partial charge < -0.3 is 19.3 Å². The molecule has 2 aliphatic rings. The van der Waals surface area contributed by atoms with E-state index in [1.165, 1.54) is 0 Å². The topological polar surface area (TPSA) is 72.2 Å². The van der Waals surface area contributed by atoms with Gasteiger partial charge in [0.05, 0.1) is 11.9 Å². The maximum absolute atomic E-state index is 14.0. The zero-order valence-electron chi connectivity index (χ0n) is 19.6. The third kappa shape index (κ3) is 4.30. The molecule has 0 radical (unpaired) electrons. The third-order valence-corrected chi connectivity index (χ3v) is 6.52. The highest BCUT2D eigenvalue weighted by atomic mass is 19.4. The first kappa shape index (κ1) is 23.1. The average Bonchev–Trinajstić information content (AvgIpc) is 3.36. The molecule has 37 heavy (non-hydrogen) atoms. The summed E-state index contributed by atoms with van der Waals surface area (Å²) in [6.07, 6.45) is -3.55. The van der Waals surface area contributed by atoms with E-state index < -0.39 is 17.8 Å². The number of rotatable bonds is 3. The second-order valence-electron chi connectivity index (χ2n) is 8.79. The van der Waals surface area contributed by atoms with Gasteiger partial charge in [0.1, 0.15) is 18.8 Å². The normalized spacial score (nSPS) is 15.8.